The molecule has 0 aliphatic rings. The van der Waals surface area contributed by atoms with Crippen LogP contribution in [-0.2, 0) is 12.8 Å². The fraction of sp³-hybridized carbons (Fsp3) is 0.588. The molecule has 3 nitrogen and oxygen atoms in total. The third-order valence-corrected chi connectivity index (χ3v) is 4.06. The summed E-state index contributed by atoms with van der Waals surface area (Å²) in [6.45, 7) is 5.22. The maximum absolute atomic E-state index is 5.70. The summed E-state index contributed by atoms with van der Waals surface area (Å²) >= 11 is 0. The topological polar surface area (TPSA) is 54.7 Å². The summed E-state index contributed by atoms with van der Waals surface area (Å²) in [5.41, 5.74) is 9.32. The van der Waals surface area contributed by atoms with Crippen molar-refractivity contribution < 1.29 is 0 Å². The summed E-state index contributed by atoms with van der Waals surface area (Å²) in [5.74, 6) is 1.86. The number of imidazole rings is 1. The van der Waals surface area contributed by atoms with E-state index >= 15 is 0 Å². The molecule has 0 amide bonds. The van der Waals surface area contributed by atoms with Gasteiger partial charge < -0.3 is 10.7 Å². The summed E-state index contributed by atoms with van der Waals surface area (Å²) in [4.78, 5) is 8.16. The zero-order valence-electron chi connectivity index (χ0n) is 12.8. The van der Waals surface area contributed by atoms with Crippen molar-refractivity contribution in [3.63, 3.8) is 0 Å². The molecule has 110 valence electrons. The van der Waals surface area contributed by atoms with Gasteiger partial charge in [-0.2, -0.15) is 0 Å². The molecular formula is C17H27N3. The Labute approximate surface area is 122 Å². The normalized spacial score (nSPS) is 12.9. The number of aromatic nitrogens is 2. The van der Waals surface area contributed by atoms with Crippen molar-refractivity contribution in [2.24, 2.45) is 11.7 Å². The average molecular weight is 273 g/mol. The molecule has 0 saturated heterocycles. The Balaban J connectivity index is 2.02. The van der Waals surface area contributed by atoms with E-state index in [0.717, 1.165) is 43.1 Å². The monoisotopic (exact) mass is 273 g/mol. The van der Waals surface area contributed by atoms with Crippen LogP contribution in [0.3, 0.4) is 0 Å². The van der Waals surface area contributed by atoms with Gasteiger partial charge in [0.1, 0.15) is 5.82 Å². The molecule has 0 radical (unpaired) electrons. The second kappa shape index (κ2) is 7.44. The van der Waals surface area contributed by atoms with Crippen LogP contribution < -0.4 is 5.73 Å². The first-order valence-electron chi connectivity index (χ1n) is 7.94. The van der Waals surface area contributed by atoms with Crippen molar-refractivity contribution in [1.29, 1.82) is 0 Å². The highest BCUT2D eigenvalue weighted by Crippen LogP contribution is 2.19. The molecule has 1 aromatic carbocycles. The molecule has 20 heavy (non-hydrogen) atoms. The summed E-state index contributed by atoms with van der Waals surface area (Å²) in [6, 6.07) is 6.51. The van der Waals surface area contributed by atoms with Gasteiger partial charge in [-0.25, -0.2) is 4.98 Å². The van der Waals surface area contributed by atoms with E-state index in [9.17, 15) is 0 Å². The summed E-state index contributed by atoms with van der Waals surface area (Å²) in [5, 5.41) is 0. The maximum atomic E-state index is 5.70. The third-order valence-electron chi connectivity index (χ3n) is 4.06. The molecule has 0 saturated carbocycles. The molecule has 0 fully saturated rings. The molecule has 0 spiro atoms. The van der Waals surface area contributed by atoms with Gasteiger partial charge in [0.2, 0.25) is 0 Å². The first-order valence-corrected chi connectivity index (χ1v) is 7.94. The first kappa shape index (κ1) is 15.0. The molecule has 0 aliphatic heterocycles. The number of H-pyrrole nitrogens is 1. The molecular weight excluding hydrogens is 246 g/mol. The highest BCUT2D eigenvalue weighted by molar-refractivity contribution is 5.75. The number of nitrogens with one attached hydrogen (secondary N) is 1. The van der Waals surface area contributed by atoms with Crippen LogP contribution in [-0.4, -0.2) is 16.5 Å². The van der Waals surface area contributed by atoms with E-state index in [2.05, 4.69) is 37.0 Å². The molecule has 1 heterocycles. The number of rotatable bonds is 8. The van der Waals surface area contributed by atoms with Crippen LogP contribution in [0.2, 0.25) is 0 Å². The van der Waals surface area contributed by atoms with Crippen molar-refractivity contribution >= 4 is 11.0 Å². The number of benzene rings is 1. The minimum absolute atomic E-state index is 0.740. The van der Waals surface area contributed by atoms with E-state index < -0.39 is 0 Å². The van der Waals surface area contributed by atoms with Gasteiger partial charge in [0.05, 0.1) is 11.0 Å². The van der Waals surface area contributed by atoms with E-state index in [0.29, 0.717) is 0 Å². The Kier molecular flexibility index (Phi) is 5.60. The number of hydrogen-bond donors (Lipinski definition) is 2. The second-order valence-corrected chi connectivity index (χ2v) is 5.66. The van der Waals surface area contributed by atoms with Gasteiger partial charge in [0.15, 0.2) is 0 Å². The number of fused-ring (bicyclic) bond motifs is 1. The summed E-state index contributed by atoms with van der Waals surface area (Å²) in [7, 11) is 0. The van der Waals surface area contributed by atoms with E-state index in [1.54, 1.807) is 0 Å². The van der Waals surface area contributed by atoms with Crippen molar-refractivity contribution in [2.75, 3.05) is 6.54 Å². The Morgan fingerprint density at radius 3 is 2.75 bits per heavy atom. The lowest BCUT2D eigenvalue weighted by Gasteiger charge is -2.13. The average Bonchev–Trinajstić information content (AvgIpc) is 2.87. The first-order chi connectivity index (χ1) is 9.76. The van der Waals surface area contributed by atoms with Crippen LogP contribution in [0.4, 0.5) is 0 Å². The number of aromatic amines is 1. The van der Waals surface area contributed by atoms with E-state index in [1.807, 2.05) is 0 Å². The van der Waals surface area contributed by atoms with Crippen LogP contribution in [0.15, 0.2) is 18.2 Å². The van der Waals surface area contributed by atoms with Gasteiger partial charge in [0, 0.05) is 6.42 Å². The van der Waals surface area contributed by atoms with Crippen LogP contribution in [0.1, 0.15) is 50.9 Å². The number of nitrogens with zero attached hydrogens (tertiary/aromatic N) is 1. The standard InChI is InChI=1S/C17H27N3/c1-3-5-14(10-11-18)7-9-17-19-15-8-6-13(4-2)12-16(15)20-17/h6,8,12,14H,3-5,7,9-11,18H2,1-2H3,(H,19,20). The number of nitrogens with two attached hydrogens (primary N) is 1. The minimum atomic E-state index is 0.740. The third kappa shape index (κ3) is 3.83. The van der Waals surface area contributed by atoms with Crippen LogP contribution in [0, 0.1) is 5.92 Å². The van der Waals surface area contributed by atoms with Crippen molar-refractivity contribution in [1.82, 2.24) is 9.97 Å². The molecule has 1 atom stereocenters. The molecule has 2 aromatic rings. The smallest absolute Gasteiger partial charge is 0.107 e. The molecule has 3 N–H and O–H groups in total. The van der Waals surface area contributed by atoms with Crippen molar-refractivity contribution in [3.05, 3.63) is 29.6 Å². The van der Waals surface area contributed by atoms with Gasteiger partial charge in [-0.05, 0) is 49.4 Å². The summed E-state index contributed by atoms with van der Waals surface area (Å²) in [6.07, 6.45) is 6.93. The Bertz CT molecular complexity index is 524. The van der Waals surface area contributed by atoms with E-state index in [4.69, 9.17) is 10.7 Å². The van der Waals surface area contributed by atoms with Crippen LogP contribution in [0.5, 0.6) is 0 Å². The lowest BCUT2D eigenvalue weighted by Crippen LogP contribution is -2.10. The molecule has 1 unspecified atom stereocenters. The van der Waals surface area contributed by atoms with Crippen molar-refractivity contribution in [3.8, 4) is 0 Å². The highest BCUT2D eigenvalue weighted by Gasteiger charge is 2.09. The molecule has 1 aromatic heterocycles. The molecule has 2 rings (SSSR count). The van der Waals surface area contributed by atoms with Gasteiger partial charge in [-0.1, -0.05) is 32.8 Å². The van der Waals surface area contributed by atoms with E-state index in [-0.39, 0.29) is 0 Å². The predicted molar refractivity (Wildman–Crippen MR) is 85.9 cm³/mol. The molecule has 0 bridgehead atoms. The van der Waals surface area contributed by atoms with E-state index in [1.165, 1.54) is 30.3 Å². The van der Waals surface area contributed by atoms with Crippen LogP contribution in [0.25, 0.3) is 11.0 Å². The van der Waals surface area contributed by atoms with Gasteiger partial charge in [-0.3, -0.25) is 0 Å². The Morgan fingerprint density at radius 2 is 2.05 bits per heavy atom. The van der Waals surface area contributed by atoms with Gasteiger partial charge in [0.25, 0.3) is 0 Å². The fourth-order valence-electron chi connectivity index (χ4n) is 2.87. The van der Waals surface area contributed by atoms with Gasteiger partial charge >= 0.3 is 0 Å². The maximum Gasteiger partial charge on any atom is 0.107 e. The number of hydrogen-bond acceptors (Lipinski definition) is 2. The summed E-state index contributed by atoms with van der Waals surface area (Å²) < 4.78 is 0. The zero-order chi connectivity index (χ0) is 14.4. The predicted octanol–water partition coefficient (Wildman–Crippen LogP) is 3.82. The van der Waals surface area contributed by atoms with Crippen LogP contribution >= 0.6 is 0 Å². The zero-order valence-corrected chi connectivity index (χ0v) is 12.8. The fourth-order valence-corrected chi connectivity index (χ4v) is 2.87. The van der Waals surface area contributed by atoms with Crippen molar-refractivity contribution in [2.45, 2.75) is 52.4 Å². The largest absolute Gasteiger partial charge is 0.342 e. The quantitative estimate of drug-likeness (QED) is 0.768. The highest BCUT2D eigenvalue weighted by atomic mass is 14.9. The second-order valence-electron chi connectivity index (χ2n) is 5.66. The Morgan fingerprint density at radius 1 is 1.20 bits per heavy atom. The van der Waals surface area contributed by atoms with Gasteiger partial charge in [-0.15, -0.1) is 0 Å². The number of aryl methyl sites for hydroxylation is 2. The SMILES string of the molecule is CCCC(CCN)CCc1nc2ccc(CC)cc2[nH]1. The Hall–Kier alpha value is -1.35. The lowest BCUT2D eigenvalue weighted by atomic mass is 9.94. The molecule has 0 aliphatic carbocycles. The lowest BCUT2D eigenvalue weighted by molar-refractivity contribution is 0.418. The molecule has 3 heteroatoms. The minimum Gasteiger partial charge on any atom is -0.342 e.